The van der Waals surface area contributed by atoms with E-state index >= 15 is 0 Å². The van der Waals surface area contributed by atoms with Crippen molar-refractivity contribution >= 4 is 17.5 Å². The highest BCUT2D eigenvalue weighted by Crippen LogP contribution is 2.29. The normalized spacial score (nSPS) is 15.5. The summed E-state index contributed by atoms with van der Waals surface area (Å²) < 4.78 is 0. The Bertz CT molecular complexity index is 605. The van der Waals surface area contributed by atoms with Crippen LogP contribution in [0.1, 0.15) is 36.3 Å². The Morgan fingerprint density at radius 3 is 2.29 bits per heavy atom. The zero-order valence-corrected chi connectivity index (χ0v) is 12.5. The lowest BCUT2D eigenvalue weighted by Gasteiger charge is -2.18. The number of hydrogen-bond acceptors (Lipinski definition) is 1. The lowest BCUT2D eigenvalue weighted by atomic mass is 9.88. The van der Waals surface area contributed by atoms with Crippen molar-refractivity contribution in [2.24, 2.45) is 0 Å². The van der Waals surface area contributed by atoms with Gasteiger partial charge in [-0.25, -0.2) is 0 Å². The number of carbonyl (C=O) groups is 1. The van der Waals surface area contributed by atoms with Crippen LogP contribution in [-0.2, 0) is 4.79 Å². The van der Waals surface area contributed by atoms with Gasteiger partial charge in [0.05, 0.1) is 0 Å². The minimum absolute atomic E-state index is 0.0715. The standard InChI is InChI=1S/C18H18ClNO/c19-15-8-6-14(7-9-15)17(13-4-2-1-3-5-13)12-18(21)20-16-10-11-16/h1-9,16-17H,10-12H2,(H,20,21)/t17-/m1/s1. The lowest BCUT2D eigenvalue weighted by Crippen LogP contribution is -2.27. The lowest BCUT2D eigenvalue weighted by molar-refractivity contribution is -0.121. The average Bonchev–Trinajstić information content (AvgIpc) is 3.31. The van der Waals surface area contributed by atoms with Gasteiger partial charge in [-0.1, -0.05) is 54.1 Å². The van der Waals surface area contributed by atoms with Crippen molar-refractivity contribution in [2.45, 2.75) is 31.2 Å². The van der Waals surface area contributed by atoms with Crippen LogP contribution in [0, 0.1) is 0 Å². The van der Waals surface area contributed by atoms with Crippen molar-refractivity contribution < 1.29 is 4.79 Å². The molecule has 0 bridgehead atoms. The van der Waals surface area contributed by atoms with Crippen molar-refractivity contribution in [2.75, 3.05) is 0 Å². The fraction of sp³-hybridized carbons (Fsp3) is 0.278. The Balaban J connectivity index is 1.83. The molecule has 1 aliphatic rings. The summed E-state index contributed by atoms with van der Waals surface area (Å²) in [4.78, 5) is 12.2. The first kappa shape index (κ1) is 14.2. The smallest absolute Gasteiger partial charge is 0.221 e. The van der Waals surface area contributed by atoms with Gasteiger partial charge < -0.3 is 5.32 Å². The van der Waals surface area contributed by atoms with Gasteiger partial charge >= 0.3 is 0 Å². The zero-order chi connectivity index (χ0) is 14.7. The first-order valence-corrected chi connectivity index (χ1v) is 7.70. The molecule has 3 rings (SSSR count). The van der Waals surface area contributed by atoms with Crippen LogP contribution >= 0.6 is 11.6 Å². The fourth-order valence-electron chi connectivity index (χ4n) is 2.51. The van der Waals surface area contributed by atoms with E-state index in [-0.39, 0.29) is 11.8 Å². The van der Waals surface area contributed by atoms with Crippen molar-refractivity contribution in [1.29, 1.82) is 0 Å². The summed E-state index contributed by atoms with van der Waals surface area (Å²) in [6.07, 6.45) is 2.70. The van der Waals surface area contributed by atoms with Crippen LogP contribution in [0.5, 0.6) is 0 Å². The molecule has 0 heterocycles. The summed E-state index contributed by atoms with van der Waals surface area (Å²) in [6.45, 7) is 0. The molecule has 0 aliphatic heterocycles. The molecule has 21 heavy (non-hydrogen) atoms. The molecule has 1 aliphatic carbocycles. The van der Waals surface area contributed by atoms with Crippen LogP contribution in [0.15, 0.2) is 54.6 Å². The number of nitrogens with one attached hydrogen (secondary N) is 1. The molecule has 1 atom stereocenters. The molecule has 3 heteroatoms. The monoisotopic (exact) mass is 299 g/mol. The molecule has 1 saturated carbocycles. The Morgan fingerprint density at radius 2 is 1.67 bits per heavy atom. The Hall–Kier alpha value is -1.80. The first-order chi connectivity index (χ1) is 10.2. The third kappa shape index (κ3) is 3.85. The van der Waals surface area contributed by atoms with E-state index < -0.39 is 0 Å². The van der Waals surface area contributed by atoms with Gasteiger partial charge in [-0.3, -0.25) is 4.79 Å². The van der Waals surface area contributed by atoms with Gasteiger partial charge in [0.25, 0.3) is 0 Å². The van der Waals surface area contributed by atoms with E-state index in [1.807, 2.05) is 42.5 Å². The quantitative estimate of drug-likeness (QED) is 0.883. The van der Waals surface area contributed by atoms with Gasteiger partial charge in [-0.15, -0.1) is 0 Å². The number of benzene rings is 2. The largest absolute Gasteiger partial charge is 0.353 e. The minimum Gasteiger partial charge on any atom is -0.353 e. The molecule has 2 aromatic carbocycles. The number of amides is 1. The average molecular weight is 300 g/mol. The van der Waals surface area contributed by atoms with Crippen LogP contribution < -0.4 is 5.32 Å². The van der Waals surface area contributed by atoms with E-state index in [0.29, 0.717) is 17.5 Å². The third-order valence-corrected chi connectivity index (χ3v) is 4.06. The zero-order valence-electron chi connectivity index (χ0n) is 11.8. The van der Waals surface area contributed by atoms with Crippen molar-refractivity contribution in [3.05, 3.63) is 70.7 Å². The number of halogens is 1. The Kier molecular flexibility index (Phi) is 4.26. The predicted molar refractivity (Wildman–Crippen MR) is 85.5 cm³/mol. The Labute approximate surface area is 130 Å². The molecule has 0 saturated heterocycles. The van der Waals surface area contributed by atoms with Gasteiger partial charge in [0, 0.05) is 23.4 Å². The van der Waals surface area contributed by atoms with E-state index in [1.54, 1.807) is 0 Å². The molecular formula is C18H18ClNO. The molecule has 1 N–H and O–H groups in total. The molecular weight excluding hydrogens is 282 g/mol. The molecule has 0 spiro atoms. The van der Waals surface area contributed by atoms with E-state index in [1.165, 1.54) is 0 Å². The minimum atomic E-state index is 0.0715. The SMILES string of the molecule is O=C(C[C@H](c1ccccc1)c1ccc(Cl)cc1)NC1CC1. The highest BCUT2D eigenvalue weighted by molar-refractivity contribution is 6.30. The fourth-order valence-corrected chi connectivity index (χ4v) is 2.63. The van der Waals surface area contributed by atoms with Crippen LogP contribution in [0.3, 0.4) is 0 Å². The molecule has 108 valence electrons. The maximum Gasteiger partial charge on any atom is 0.221 e. The molecule has 0 aromatic heterocycles. The summed E-state index contributed by atoms with van der Waals surface area (Å²) in [6, 6.07) is 18.3. The summed E-state index contributed by atoms with van der Waals surface area (Å²) >= 11 is 5.97. The molecule has 1 fully saturated rings. The summed E-state index contributed by atoms with van der Waals surface area (Å²) in [7, 11) is 0. The van der Waals surface area contributed by atoms with E-state index in [9.17, 15) is 4.79 Å². The second-order valence-electron chi connectivity index (χ2n) is 5.56. The summed E-state index contributed by atoms with van der Waals surface area (Å²) in [5.74, 6) is 0.198. The number of rotatable bonds is 5. The second kappa shape index (κ2) is 6.31. The maximum atomic E-state index is 12.2. The van der Waals surface area contributed by atoms with Crippen LogP contribution in [0.4, 0.5) is 0 Å². The van der Waals surface area contributed by atoms with Crippen molar-refractivity contribution in [1.82, 2.24) is 5.32 Å². The highest BCUT2D eigenvalue weighted by atomic mass is 35.5. The molecule has 2 nitrogen and oxygen atoms in total. The van der Waals surface area contributed by atoms with Crippen molar-refractivity contribution in [3.8, 4) is 0 Å². The van der Waals surface area contributed by atoms with Crippen LogP contribution in [0.25, 0.3) is 0 Å². The maximum absolute atomic E-state index is 12.2. The topological polar surface area (TPSA) is 29.1 Å². The van der Waals surface area contributed by atoms with Gasteiger partial charge in [0.2, 0.25) is 5.91 Å². The number of carbonyl (C=O) groups excluding carboxylic acids is 1. The van der Waals surface area contributed by atoms with E-state index in [0.717, 1.165) is 24.0 Å². The summed E-state index contributed by atoms with van der Waals surface area (Å²) in [5.41, 5.74) is 2.28. The van der Waals surface area contributed by atoms with E-state index in [4.69, 9.17) is 11.6 Å². The van der Waals surface area contributed by atoms with Gasteiger partial charge in [0.15, 0.2) is 0 Å². The Morgan fingerprint density at radius 1 is 1.05 bits per heavy atom. The van der Waals surface area contributed by atoms with E-state index in [2.05, 4.69) is 17.4 Å². The van der Waals surface area contributed by atoms with Gasteiger partial charge in [0.1, 0.15) is 0 Å². The van der Waals surface area contributed by atoms with Gasteiger partial charge in [-0.05, 0) is 36.1 Å². The van der Waals surface area contributed by atoms with Crippen LogP contribution in [-0.4, -0.2) is 11.9 Å². The molecule has 0 radical (unpaired) electrons. The molecule has 1 amide bonds. The highest BCUT2D eigenvalue weighted by Gasteiger charge is 2.25. The number of hydrogen-bond donors (Lipinski definition) is 1. The molecule has 0 unspecified atom stereocenters. The second-order valence-corrected chi connectivity index (χ2v) is 6.00. The van der Waals surface area contributed by atoms with Crippen LogP contribution in [0.2, 0.25) is 5.02 Å². The van der Waals surface area contributed by atoms with Gasteiger partial charge in [-0.2, -0.15) is 0 Å². The third-order valence-electron chi connectivity index (χ3n) is 3.81. The first-order valence-electron chi connectivity index (χ1n) is 7.32. The molecule has 2 aromatic rings. The predicted octanol–water partition coefficient (Wildman–Crippen LogP) is 4.14. The van der Waals surface area contributed by atoms with Crippen molar-refractivity contribution in [3.63, 3.8) is 0 Å². The summed E-state index contributed by atoms with van der Waals surface area (Å²) in [5, 5.41) is 3.79.